The molecule has 2 N–H and O–H groups in total. The fourth-order valence-corrected chi connectivity index (χ4v) is 4.74. The van der Waals surface area contributed by atoms with Gasteiger partial charge in [0.1, 0.15) is 0 Å². The van der Waals surface area contributed by atoms with E-state index in [1.54, 1.807) is 0 Å². The van der Waals surface area contributed by atoms with Gasteiger partial charge in [0.05, 0.1) is 5.56 Å². The lowest BCUT2D eigenvalue weighted by molar-refractivity contribution is -0.137. The molecule has 26 heavy (non-hydrogen) atoms. The van der Waals surface area contributed by atoms with Crippen molar-refractivity contribution in [3.63, 3.8) is 0 Å². The summed E-state index contributed by atoms with van der Waals surface area (Å²) < 4.78 is 37.6. The van der Waals surface area contributed by atoms with Crippen LogP contribution in [-0.4, -0.2) is 48.1 Å². The van der Waals surface area contributed by atoms with E-state index < -0.39 is 11.7 Å². The zero-order valence-corrected chi connectivity index (χ0v) is 15.3. The number of amides is 2. The molecule has 4 nitrogen and oxygen atoms in total. The zero-order chi connectivity index (χ0) is 18.6. The van der Waals surface area contributed by atoms with Gasteiger partial charge < -0.3 is 10.6 Å². The monoisotopic (exact) mass is 387 g/mol. The SMILES string of the molecule is O=C(NCC1CCN([C@@H]2CCSC2)CC1)Nc1ccc(C(F)(F)F)cc1. The second-order valence-electron chi connectivity index (χ2n) is 6.91. The molecule has 1 atom stereocenters. The molecular weight excluding hydrogens is 363 g/mol. The molecule has 2 amide bonds. The number of carbonyl (C=O) groups is 1. The maximum absolute atomic E-state index is 12.5. The van der Waals surface area contributed by atoms with E-state index in [9.17, 15) is 18.0 Å². The van der Waals surface area contributed by atoms with Gasteiger partial charge in [0.2, 0.25) is 0 Å². The summed E-state index contributed by atoms with van der Waals surface area (Å²) in [6.45, 7) is 2.76. The van der Waals surface area contributed by atoms with Gasteiger partial charge in [-0.05, 0) is 68.3 Å². The zero-order valence-electron chi connectivity index (χ0n) is 14.5. The Kier molecular flexibility index (Phi) is 6.34. The van der Waals surface area contributed by atoms with Crippen molar-refractivity contribution < 1.29 is 18.0 Å². The Morgan fingerprint density at radius 3 is 2.42 bits per heavy atom. The first kappa shape index (κ1) is 19.4. The molecule has 8 heteroatoms. The molecule has 1 aromatic rings. The topological polar surface area (TPSA) is 44.4 Å². The standard InChI is InChI=1S/C18H24F3N3OS/c19-18(20,21)14-1-3-15(4-2-14)23-17(25)22-11-13-5-8-24(9-6-13)16-7-10-26-12-16/h1-4,13,16H,5-12H2,(H2,22,23,25)/t16-/m1/s1. The third kappa shape index (κ3) is 5.30. The van der Waals surface area contributed by atoms with Crippen LogP contribution >= 0.6 is 11.8 Å². The molecule has 2 fully saturated rings. The average Bonchev–Trinajstić information content (AvgIpc) is 3.15. The van der Waals surface area contributed by atoms with Crippen LogP contribution in [0.2, 0.25) is 0 Å². The van der Waals surface area contributed by atoms with Crippen molar-refractivity contribution in [2.75, 3.05) is 36.5 Å². The molecule has 0 bridgehead atoms. The normalized spacial score (nSPS) is 22.3. The molecule has 144 valence electrons. The molecule has 0 unspecified atom stereocenters. The number of nitrogens with one attached hydrogen (secondary N) is 2. The van der Waals surface area contributed by atoms with Gasteiger partial charge in [0.15, 0.2) is 0 Å². The van der Waals surface area contributed by atoms with E-state index in [2.05, 4.69) is 15.5 Å². The highest BCUT2D eigenvalue weighted by Crippen LogP contribution is 2.30. The van der Waals surface area contributed by atoms with E-state index in [4.69, 9.17) is 0 Å². The van der Waals surface area contributed by atoms with Gasteiger partial charge in [-0.25, -0.2) is 4.79 Å². The van der Waals surface area contributed by atoms with Crippen LogP contribution in [0.4, 0.5) is 23.7 Å². The van der Waals surface area contributed by atoms with Crippen molar-refractivity contribution in [2.45, 2.75) is 31.5 Å². The van der Waals surface area contributed by atoms with Crippen molar-refractivity contribution in [3.8, 4) is 0 Å². The Morgan fingerprint density at radius 1 is 1.15 bits per heavy atom. The number of anilines is 1. The highest BCUT2D eigenvalue weighted by molar-refractivity contribution is 7.99. The number of benzene rings is 1. The molecule has 2 heterocycles. The third-order valence-corrected chi connectivity index (χ3v) is 6.24. The van der Waals surface area contributed by atoms with Crippen LogP contribution in [0.15, 0.2) is 24.3 Å². The average molecular weight is 387 g/mol. The Labute approximate surface area is 155 Å². The molecular formula is C18H24F3N3OS. The Morgan fingerprint density at radius 2 is 1.85 bits per heavy atom. The minimum atomic E-state index is -4.37. The number of hydrogen-bond acceptors (Lipinski definition) is 3. The van der Waals surface area contributed by atoms with Gasteiger partial charge in [-0.1, -0.05) is 0 Å². The summed E-state index contributed by atoms with van der Waals surface area (Å²) in [6, 6.07) is 4.80. The molecule has 0 aromatic heterocycles. The van der Waals surface area contributed by atoms with Crippen LogP contribution in [0.3, 0.4) is 0 Å². The Balaban J connectivity index is 1.38. The number of urea groups is 1. The van der Waals surface area contributed by atoms with Crippen LogP contribution in [-0.2, 0) is 6.18 Å². The molecule has 0 radical (unpaired) electrons. The predicted molar refractivity (Wildman–Crippen MR) is 98.5 cm³/mol. The second-order valence-corrected chi connectivity index (χ2v) is 8.06. The number of hydrogen-bond donors (Lipinski definition) is 2. The van der Waals surface area contributed by atoms with Gasteiger partial charge in [-0.15, -0.1) is 0 Å². The van der Waals surface area contributed by atoms with Crippen molar-refractivity contribution in [3.05, 3.63) is 29.8 Å². The first-order valence-electron chi connectivity index (χ1n) is 8.96. The van der Waals surface area contributed by atoms with Crippen molar-refractivity contribution in [2.24, 2.45) is 5.92 Å². The number of halogens is 3. The van der Waals surface area contributed by atoms with E-state index in [0.29, 0.717) is 18.2 Å². The highest BCUT2D eigenvalue weighted by atomic mass is 32.2. The lowest BCUT2D eigenvalue weighted by Crippen LogP contribution is -2.44. The lowest BCUT2D eigenvalue weighted by Gasteiger charge is -2.35. The minimum absolute atomic E-state index is 0.351. The van der Waals surface area contributed by atoms with E-state index in [1.807, 2.05) is 11.8 Å². The van der Waals surface area contributed by atoms with Crippen LogP contribution in [0.5, 0.6) is 0 Å². The van der Waals surface area contributed by atoms with Gasteiger partial charge >= 0.3 is 12.2 Å². The van der Waals surface area contributed by atoms with Crippen LogP contribution in [0.25, 0.3) is 0 Å². The number of carbonyl (C=O) groups excluding carboxylic acids is 1. The fraction of sp³-hybridized carbons (Fsp3) is 0.611. The quantitative estimate of drug-likeness (QED) is 0.819. The first-order chi connectivity index (χ1) is 12.4. The molecule has 0 aliphatic carbocycles. The van der Waals surface area contributed by atoms with E-state index in [-0.39, 0.29) is 6.03 Å². The Bertz CT molecular complexity index is 595. The van der Waals surface area contributed by atoms with Gasteiger partial charge in [-0.2, -0.15) is 24.9 Å². The van der Waals surface area contributed by atoms with Crippen LogP contribution in [0.1, 0.15) is 24.8 Å². The highest BCUT2D eigenvalue weighted by Gasteiger charge is 2.30. The van der Waals surface area contributed by atoms with Gasteiger partial charge in [0, 0.05) is 24.0 Å². The Hall–Kier alpha value is -1.41. The summed E-state index contributed by atoms with van der Waals surface area (Å²) in [4.78, 5) is 14.5. The molecule has 1 aromatic carbocycles. The molecule has 2 saturated heterocycles. The van der Waals surface area contributed by atoms with Crippen molar-refractivity contribution >= 4 is 23.5 Å². The molecule has 2 aliphatic heterocycles. The predicted octanol–water partition coefficient (Wildman–Crippen LogP) is 4.04. The first-order valence-corrected chi connectivity index (χ1v) is 10.1. The number of likely N-dealkylation sites (tertiary alicyclic amines) is 1. The van der Waals surface area contributed by atoms with E-state index in [0.717, 1.165) is 44.1 Å². The van der Waals surface area contributed by atoms with Gasteiger partial charge in [-0.3, -0.25) is 4.90 Å². The summed E-state index contributed by atoms with van der Waals surface area (Å²) in [6.07, 6.45) is -0.945. The molecule has 3 rings (SSSR count). The lowest BCUT2D eigenvalue weighted by atomic mass is 9.95. The largest absolute Gasteiger partial charge is 0.416 e. The van der Waals surface area contributed by atoms with Crippen molar-refractivity contribution in [1.82, 2.24) is 10.2 Å². The molecule has 2 aliphatic rings. The summed E-state index contributed by atoms with van der Waals surface area (Å²) >= 11 is 2.02. The van der Waals surface area contributed by atoms with E-state index in [1.165, 1.54) is 30.1 Å². The maximum atomic E-state index is 12.5. The van der Waals surface area contributed by atoms with Crippen molar-refractivity contribution in [1.29, 1.82) is 0 Å². The number of alkyl halides is 3. The van der Waals surface area contributed by atoms with E-state index >= 15 is 0 Å². The minimum Gasteiger partial charge on any atom is -0.338 e. The number of nitrogens with zero attached hydrogens (tertiary/aromatic N) is 1. The maximum Gasteiger partial charge on any atom is 0.416 e. The number of thioether (sulfide) groups is 1. The van der Waals surface area contributed by atoms with Gasteiger partial charge in [0.25, 0.3) is 0 Å². The van der Waals surface area contributed by atoms with Crippen LogP contribution in [0, 0.1) is 5.92 Å². The molecule has 0 spiro atoms. The third-order valence-electron chi connectivity index (χ3n) is 5.09. The number of piperidine rings is 1. The fourth-order valence-electron chi connectivity index (χ4n) is 3.49. The smallest absolute Gasteiger partial charge is 0.338 e. The second kappa shape index (κ2) is 8.52. The number of rotatable bonds is 4. The summed E-state index contributed by atoms with van der Waals surface area (Å²) in [5, 5.41) is 5.42. The summed E-state index contributed by atoms with van der Waals surface area (Å²) in [7, 11) is 0. The van der Waals surface area contributed by atoms with Crippen LogP contribution < -0.4 is 10.6 Å². The summed E-state index contributed by atoms with van der Waals surface area (Å²) in [5.41, 5.74) is -0.375. The molecule has 0 saturated carbocycles. The summed E-state index contributed by atoms with van der Waals surface area (Å²) in [5.74, 6) is 2.95.